The first kappa shape index (κ1) is 19.9. The maximum atomic E-state index is 13.0. The number of carbonyl (C=O) groups excluding carboxylic acids is 1. The number of ether oxygens (including phenoxy) is 1. The molecule has 1 aliphatic carbocycles. The van der Waals surface area contributed by atoms with Crippen LogP contribution in [0.1, 0.15) is 36.8 Å². The van der Waals surface area contributed by atoms with E-state index < -0.39 is 23.1 Å². The molecule has 0 atom stereocenters. The minimum absolute atomic E-state index is 0.262. The van der Waals surface area contributed by atoms with Crippen molar-refractivity contribution < 1.29 is 22.7 Å². The van der Waals surface area contributed by atoms with Crippen LogP contribution in [0.3, 0.4) is 0 Å². The Balaban J connectivity index is 1.38. The average Bonchev–Trinajstić information content (AvgIpc) is 3.51. The second-order valence-electron chi connectivity index (χ2n) is 7.47. The largest absolute Gasteiger partial charge is 0.462 e. The number of carbonyl (C=O) groups is 1. The predicted molar refractivity (Wildman–Crippen MR) is 101 cm³/mol. The topological polar surface area (TPSA) is 55.3 Å². The summed E-state index contributed by atoms with van der Waals surface area (Å²) in [5.74, 6) is 0.281. The van der Waals surface area contributed by atoms with E-state index in [-0.39, 0.29) is 6.10 Å². The smallest absolute Gasteiger partial charge is 0.416 e. The first-order chi connectivity index (χ1) is 13.8. The molecule has 2 aromatic rings. The van der Waals surface area contributed by atoms with Crippen molar-refractivity contribution in [1.29, 1.82) is 0 Å². The molecule has 0 bridgehead atoms. The van der Waals surface area contributed by atoms with Crippen molar-refractivity contribution in [3.05, 3.63) is 52.7 Å². The molecule has 9 heteroatoms. The van der Waals surface area contributed by atoms with Crippen molar-refractivity contribution in [2.45, 2.75) is 43.4 Å². The number of hydrogen-bond acceptors (Lipinski definition) is 5. The standard InChI is InChI=1S/C20H19ClF3N3O2/c21-16-4-5-17(26-25-16)27-10-6-15(7-11-27)29-18(28)19(8-9-19)13-2-1-3-14(12-13)20(22,23)24/h1-5,12,15H,6-11H2. The summed E-state index contributed by atoms with van der Waals surface area (Å²) in [5.41, 5.74) is -1.31. The molecule has 1 aromatic heterocycles. The molecule has 2 aliphatic rings. The fourth-order valence-corrected chi connectivity index (χ4v) is 3.77. The number of hydrogen-bond donors (Lipinski definition) is 0. The zero-order valence-electron chi connectivity index (χ0n) is 15.5. The SMILES string of the molecule is O=C(OC1CCN(c2ccc(Cl)nn2)CC1)C1(c2cccc(C(F)(F)F)c2)CC1. The highest BCUT2D eigenvalue weighted by atomic mass is 35.5. The molecule has 0 amide bonds. The lowest BCUT2D eigenvalue weighted by atomic mass is 9.94. The van der Waals surface area contributed by atoms with Gasteiger partial charge in [-0.2, -0.15) is 13.2 Å². The van der Waals surface area contributed by atoms with Crippen LogP contribution < -0.4 is 4.90 Å². The van der Waals surface area contributed by atoms with E-state index >= 15 is 0 Å². The minimum atomic E-state index is -4.44. The van der Waals surface area contributed by atoms with Crippen LogP contribution in [0.5, 0.6) is 0 Å². The number of aromatic nitrogens is 2. The molecule has 1 aliphatic heterocycles. The van der Waals surface area contributed by atoms with Gasteiger partial charge in [0, 0.05) is 25.9 Å². The highest BCUT2D eigenvalue weighted by Gasteiger charge is 2.54. The van der Waals surface area contributed by atoms with E-state index in [2.05, 4.69) is 10.2 Å². The van der Waals surface area contributed by atoms with Gasteiger partial charge >= 0.3 is 12.1 Å². The minimum Gasteiger partial charge on any atom is -0.462 e. The van der Waals surface area contributed by atoms with Gasteiger partial charge in [-0.25, -0.2) is 0 Å². The molecule has 29 heavy (non-hydrogen) atoms. The van der Waals surface area contributed by atoms with Crippen LogP contribution in [0.4, 0.5) is 19.0 Å². The van der Waals surface area contributed by atoms with E-state index in [0.29, 0.717) is 55.3 Å². The molecule has 4 rings (SSSR count). The molecule has 2 heterocycles. The third kappa shape index (κ3) is 4.17. The van der Waals surface area contributed by atoms with Crippen LogP contribution in [0, 0.1) is 0 Å². The van der Waals surface area contributed by atoms with Gasteiger partial charge in [0.05, 0.1) is 11.0 Å². The summed E-state index contributed by atoms with van der Waals surface area (Å²) in [5, 5.41) is 8.20. The highest BCUT2D eigenvalue weighted by molar-refractivity contribution is 6.29. The van der Waals surface area contributed by atoms with Crippen molar-refractivity contribution >= 4 is 23.4 Å². The number of halogens is 4. The molecular formula is C20H19ClF3N3O2. The summed E-state index contributed by atoms with van der Waals surface area (Å²) < 4.78 is 44.7. The summed E-state index contributed by atoms with van der Waals surface area (Å²) in [6.07, 6.45) is -2.45. The van der Waals surface area contributed by atoms with Crippen molar-refractivity contribution in [3.63, 3.8) is 0 Å². The maximum Gasteiger partial charge on any atom is 0.416 e. The van der Waals surface area contributed by atoms with Crippen LogP contribution >= 0.6 is 11.6 Å². The second-order valence-corrected chi connectivity index (χ2v) is 7.85. The number of piperidine rings is 1. The van der Waals surface area contributed by atoms with Crippen LogP contribution in [0.2, 0.25) is 5.15 Å². The lowest BCUT2D eigenvalue weighted by Crippen LogP contribution is -2.39. The molecule has 0 radical (unpaired) electrons. The number of benzene rings is 1. The predicted octanol–water partition coefficient (Wildman–Crippen LogP) is 4.39. The quantitative estimate of drug-likeness (QED) is 0.680. The third-order valence-electron chi connectivity index (χ3n) is 5.54. The molecule has 2 fully saturated rings. The fourth-order valence-electron chi connectivity index (χ4n) is 3.67. The van der Waals surface area contributed by atoms with Crippen molar-refractivity contribution in [3.8, 4) is 0 Å². The Morgan fingerprint density at radius 1 is 1.14 bits per heavy atom. The second kappa shape index (κ2) is 7.48. The number of esters is 1. The van der Waals surface area contributed by atoms with E-state index in [1.165, 1.54) is 6.07 Å². The zero-order valence-corrected chi connectivity index (χ0v) is 16.2. The lowest BCUT2D eigenvalue weighted by Gasteiger charge is -2.33. The van der Waals surface area contributed by atoms with Gasteiger partial charge in [-0.1, -0.05) is 29.8 Å². The molecule has 154 valence electrons. The Morgan fingerprint density at radius 2 is 1.86 bits per heavy atom. The van der Waals surface area contributed by atoms with E-state index in [1.807, 2.05) is 4.90 Å². The number of rotatable bonds is 4. The van der Waals surface area contributed by atoms with Crippen LogP contribution in [0.15, 0.2) is 36.4 Å². The Hall–Kier alpha value is -2.35. The molecule has 1 aromatic carbocycles. The Morgan fingerprint density at radius 3 is 2.45 bits per heavy atom. The molecular weight excluding hydrogens is 407 g/mol. The normalized spacial score (nSPS) is 19.1. The van der Waals surface area contributed by atoms with Crippen molar-refractivity contribution in [2.24, 2.45) is 0 Å². The molecule has 0 spiro atoms. The Labute approximate surface area is 170 Å². The first-order valence-electron chi connectivity index (χ1n) is 9.41. The molecule has 1 saturated carbocycles. The van der Waals surface area contributed by atoms with Crippen LogP contribution in [-0.2, 0) is 21.1 Å². The van der Waals surface area contributed by atoms with Gasteiger partial charge < -0.3 is 9.64 Å². The van der Waals surface area contributed by atoms with E-state index in [4.69, 9.17) is 16.3 Å². The monoisotopic (exact) mass is 425 g/mol. The molecule has 0 N–H and O–H groups in total. The highest BCUT2D eigenvalue weighted by Crippen LogP contribution is 2.50. The zero-order chi connectivity index (χ0) is 20.6. The summed E-state index contributed by atoms with van der Waals surface area (Å²) in [4.78, 5) is 14.8. The van der Waals surface area contributed by atoms with E-state index in [1.54, 1.807) is 18.2 Å². The summed E-state index contributed by atoms with van der Waals surface area (Å²) >= 11 is 5.75. The summed E-state index contributed by atoms with van der Waals surface area (Å²) in [6, 6.07) is 8.45. The van der Waals surface area contributed by atoms with E-state index in [0.717, 1.165) is 12.1 Å². The summed E-state index contributed by atoms with van der Waals surface area (Å²) in [6.45, 7) is 1.29. The number of alkyl halides is 3. The first-order valence-corrected chi connectivity index (χ1v) is 9.79. The van der Waals surface area contributed by atoms with Crippen molar-refractivity contribution in [2.75, 3.05) is 18.0 Å². The fraction of sp³-hybridized carbons (Fsp3) is 0.450. The lowest BCUT2D eigenvalue weighted by molar-refractivity contribution is -0.153. The van der Waals surface area contributed by atoms with Gasteiger partial charge in [-0.15, -0.1) is 10.2 Å². The van der Waals surface area contributed by atoms with Crippen LogP contribution in [0.25, 0.3) is 0 Å². The van der Waals surface area contributed by atoms with Gasteiger partial charge in [0.25, 0.3) is 0 Å². The number of nitrogens with zero attached hydrogens (tertiary/aromatic N) is 3. The van der Waals surface area contributed by atoms with Gasteiger partial charge in [0.2, 0.25) is 0 Å². The molecule has 5 nitrogen and oxygen atoms in total. The average molecular weight is 426 g/mol. The number of anilines is 1. The third-order valence-corrected chi connectivity index (χ3v) is 5.74. The Bertz CT molecular complexity index is 893. The summed E-state index contributed by atoms with van der Waals surface area (Å²) in [7, 11) is 0. The maximum absolute atomic E-state index is 13.0. The molecule has 0 unspecified atom stereocenters. The Kier molecular flexibility index (Phi) is 5.14. The van der Waals surface area contributed by atoms with Gasteiger partial charge in [-0.05, 0) is 36.6 Å². The molecule has 1 saturated heterocycles. The van der Waals surface area contributed by atoms with Gasteiger partial charge in [0.1, 0.15) is 6.10 Å². The van der Waals surface area contributed by atoms with Gasteiger partial charge in [-0.3, -0.25) is 4.79 Å². The van der Waals surface area contributed by atoms with E-state index in [9.17, 15) is 18.0 Å². The van der Waals surface area contributed by atoms with Crippen LogP contribution in [-0.4, -0.2) is 35.4 Å². The van der Waals surface area contributed by atoms with Crippen molar-refractivity contribution in [1.82, 2.24) is 10.2 Å². The van der Waals surface area contributed by atoms with Gasteiger partial charge in [0.15, 0.2) is 11.0 Å².